The molecule has 1 amide bonds. The number of amides is 1. The lowest BCUT2D eigenvalue weighted by atomic mass is 10.1. The van der Waals surface area contributed by atoms with Crippen molar-refractivity contribution < 1.29 is 4.79 Å². The maximum atomic E-state index is 12.4. The van der Waals surface area contributed by atoms with E-state index < -0.39 is 0 Å². The largest absolute Gasteiger partial charge is 0.398 e. The zero-order valence-corrected chi connectivity index (χ0v) is 10.8. The van der Waals surface area contributed by atoms with E-state index in [1.165, 1.54) is 0 Å². The molecule has 1 aromatic heterocycles. The number of carbonyl (C=O) groups excluding carboxylic acids is 1. The van der Waals surface area contributed by atoms with Gasteiger partial charge in [-0.25, -0.2) is 0 Å². The topological polar surface area (TPSA) is 77.0 Å². The van der Waals surface area contributed by atoms with Crippen LogP contribution in [0.25, 0.3) is 0 Å². The Morgan fingerprint density at radius 1 is 1.37 bits per heavy atom. The van der Waals surface area contributed by atoms with Crippen molar-refractivity contribution >= 4 is 23.2 Å². The van der Waals surface area contributed by atoms with Gasteiger partial charge in [0, 0.05) is 23.8 Å². The van der Waals surface area contributed by atoms with Crippen LogP contribution in [0.2, 0.25) is 5.02 Å². The van der Waals surface area contributed by atoms with Crippen LogP contribution < -0.4 is 5.73 Å². The van der Waals surface area contributed by atoms with Crippen molar-refractivity contribution in [1.82, 2.24) is 19.7 Å². The first-order valence-corrected chi connectivity index (χ1v) is 6.24. The second-order valence-corrected chi connectivity index (χ2v) is 4.84. The minimum atomic E-state index is -0.130. The fraction of sp³-hybridized carbons (Fsp3) is 0.250. The fourth-order valence-corrected chi connectivity index (χ4v) is 2.30. The van der Waals surface area contributed by atoms with E-state index in [0.717, 1.165) is 5.82 Å². The molecule has 0 saturated heterocycles. The van der Waals surface area contributed by atoms with Crippen molar-refractivity contribution in [2.45, 2.75) is 13.1 Å². The zero-order valence-electron chi connectivity index (χ0n) is 10.1. The molecule has 2 aromatic rings. The lowest BCUT2D eigenvalue weighted by Gasteiger charge is -2.27. The summed E-state index contributed by atoms with van der Waals surface area (Å²) < 4.78 is 1.94. The summed E-state index contributed by atoms with van der Waals surface area (Å²) in [4.78, 5) is 14.1. The molecule has 0 unspecified atom stereocenters. The van der Waals surface area contributed by atoms with E-state index in [4.69, 9.17) is 17.3 Å². The Balaban J connectivity index is 1.87. The molecular weight excluding hydrogens is 266 g/mol. The van der Waals surface area contributed by atoms with E-state index >= 15 is 0 Å². The van der Waals surface area contributed by atoms with E-state index in [-0.39, 0.29) is 5.91 Å². The Bertz CT molecular complexity index is 639. The Hall–Kier alpha value is -2.08. The van der Waals surface area contributed by atoms with Crippen LogP contribution in [0.15, 0.2) is 24.5 Å². The number of fused-ring (bicyclic) bond motifs is 1. The first-order valence-electron chi connectivity index (χ1n) is 5.86. The Kier molecular flexibility index (Phi) is 2.87. The van der Waals surface area contributed by atoms with Crippen molar-refractivity contribution in [3.8, 4) is 0 Å². The summed E-state index contributed by atoms with van der Waals surface area (Å²) in [5, 5.41) is 8.31. The first-order chi connectivity index (χ1) is 9.15. The summed E-state index contributed by atoms with van der Waals surface area (Å²) in [5.41, 5.74) is 6.70. The average molecular weight is 278 g/mol. The third kappa shape index (κ3) is 2.15. The zero-order chi connectivity index (χ0) is 13.4. The second-order valence-electron chi connectivity index (χ2n) is 4.40. The van der Waals surface area contributed by atoms with Crippen LogP contribution in [0.5, 0.6) is 0 Å². The number of anilines is 1. The maximum absolute atomic E-state index is 12.4. The van der Waals surface area contributed by atoms with Crippen LogP contribution in [-0.4, -0.2) is 32.1 Å². The maximum Gasteiger partial charge on any atom is 0.256 e. The van der Waals surface area contributed by atoms with Gasteiger partial charge >= 0.3 is 0 Å². The molecule has 6 nitrogen and oxygen atoms in total. The molecule has 0 atom stereocenters. The van der Waals surface area contributed by atoms with Crippen LogP contribution in [-0.2, 0) is 13.1 Å². The molecule has 98 valence electrons. The standard InChI is InChI=1S/C12H12ClN5O/c13-8-1-2-10(14)9(5-8)12(19)17-3-4-18-7-15-16-11(18)6-17/h1-2,5,7H,3-4,6,14H2. The summed E-state index contributed by atoms with van der Waals surface area (Å²) in [6.07, 6.45) is 1.67. The molecule has 19 heavy (non-hydrogen) atoms. The lowest BCUT2D eigenvalue weighted by Crippen LogP contribution is -2.38. The molecule has 0 spiro atoms. The van der Waals surface area contributed by atoms with E-state index in [0.29, 0.717) is 35.9 Å². The van der Waals surface area contributed by atoms with Crippen molar-refractivity contribution in [2.24, 2.45) is 0 Å². The Morgan fingerprint density at radius 3 is 3.05 bits per heavy atom. The first kappa shape index (κ1) is 12.0. The molecule has 3 rings (SSSR count). The molecule has 0 bridgehead atoms. The fourth-order valence-electron chi connectivity index (χ4n) is 2.12. The highest BCUT2D eigenvalue weighted by atomic mass is 35.5. The number of carbonyl (C=O) groups is 1. The Labute approximate surface area is 114 Å². The molecule has 0 radical (unpaired) electrons. The SMILES string of the molecule is Nc1ccc(Cl)cc1C(=O)N1CCn2cnnc2C1. The molecule has 1 aromatic carbocycles. The van der Waals surface area contributed by atoms with Crippen LogP contribution in [0.1, 0.15) is 16.2 Å². The van der Waals surface area contributed by atoms with E-state index in [1.807, 2.05) is 4.57 Å². The van der Waals surface area contributed by atoms with Crippen molar-refractivity contribution in [3.05, 3.63) is 40.9 Å². The number of halogens is 1. The van der Waals surface area contributed by atoms with E-state index in [9.17, 15) is 4.79 Å². The summed E-state index contributed by atoms with van der Waals surface area (Å²) in [6, 6.07) is 4.90. The minimum absolute atomic E-state index is 0.130. The van der Waals surface area contributed by atoms with Gasteiger partial charge in [0.05, 0.1) is 12.1 Å². The second kappa shape index (κ2) is 4.55. The lowest BCUT2D eigenvalue weighted by molar-refractivity contribution is 0.0708. The smallest absolute Gasteiger partial charge is 0.256 e. The van der Waals surface area contributed by atoms with Gasteiger partial charge in [0.15, 0.2) is 5.82 Å². The van der Waals surface area contributed by atoms with Crippen LogP contribution in [0.3, 0.4) is 0 Å². The summed E-state index contributed by atoms with van der Waals surface area (Å²) in [6.45, 7) is 1.73. The van der Waals surface area contributed by atoms with Crippen molar-refractivity contribution in [2.75, 3.05) is 12.3 Å². The number of benzene rings is 1. The average Bonchev–Trinajstić information content (AvgIpc) is 2.88. The number of hydrogen-bond acceptors (Lipinski definition) is 4. The quantitative estimate of drug-likeness (QED) is 0.794. The molecule has 7 heteroatoms. The summed E-state index contributed by atoms with van der Waals surface area (Å²) >= 11 is 5.91. The molecule has 1 aliphatic rings. The Morgan fingerprint density at radius 2 is 2.21 bits per heavy atom. The summed E-state index contributed by atoms with van der Waals surface area (Å²) in [5.74, 6) is 0.648. The summed E-state index contributed by atoms with van der Waals surface area (Å²) in [7, 11) is 0. The van der Waals surface area contributed by atoms with Crippen LogP contribution in [0.4, 0.5) is 5.69 Å². The predicted octanol–water partition coefficient (Wildman–Crippen LogP) is 1.17. The molecule has 0 saturated carbocycles. The molecule has 1 aliphatic heterocycles. The number of nitrogens with zero attached hydrogens (tertiary/aromatic N) is 4. The van der Waals surface area contributed by atoms with E-state index in [2.05, 4.69) is 10.2 Å². The highest BCUT2D eigenvalue weighted by Gasteiger charge is 2.24. The molecule has 2 N–H and O–H groups in total. The number of hydrogen-bond donors (Lipinski definition) is 1. The van der Waals surface area contributed by atoms with Gasteiger partial charge in [-0.15, -0.1) is 10.2 Å². The number of rotatable bonds is 1. The molecule has 2 heterocycles. The highest BCUT2D eigenvalue weighted by Crippen LogP contribution is 2.21. The van der Waals surface area contributed by atoms with Gasteiger partial charge in [-0.2, -0.15) is 0 Å². The number of nitrogens with two attached hydrogens (primary N) is 1. The van der Waals surface area contributed by atoms with Gasteiger partial charge in [0.1, 0.15) is 6.33 Å². The molecule has 0 aliphatic carbocycles. The van der Waals surface area contributed by atoms with Crippen LogP contribution >= 0.6 is 11.6 Å². The van der Waals surface area contributed by atoms with Crippen molar-refractivity contribution in [3.63, 3.8) is 0 Å². The highest BCUT2D eigenvalue weighted by molar-refractivity contribution is 6.31. The van der Waals surface area contributed by atoms with Crippen LogP contribution in [0, 0.1) is 0 Å². The molecular formula is C12H12ClN5O. The van der Waals surface area contributed by atoms with Gasteiger partial charge in [0.2, 0.25) is 0 Å². The normalized spacial score (nSPS) is 14.3. The van der Waals surface area contributed by atoms with Gasteiger partial charge in [0.25, 0.3) is 5.91 Å². The monoisotopic (exact) mass is 277 g/mol. The molecule has 0 fully saturated rings. The minimum Gasteiger partial charge on any atom is -0.398 e. The van der Waals surface area contributed by atoms with Crippen molar-refractivity contribution in [1.29, 1.82) is 0 Å². The van der Waals surface area contributed by atoms with Gasteiger partial charge in [-0.1, -0.05) is 11.6 Å². The van der Waals surface area contributed by atoms with Gasteiger partial charge < -0.3 is 15.2 Å². The third-order valence-corrected chi connectivity index (χ3v) is 3.41. The number of aromatic nitrogens is 3. The predicted molar refractivity (Wildman–Crippen MR) is 70.6 cm³/mol. The number of nitrogen functional groups attached to an aromatic ring is 1. The van der Waals surface area contributed by atoms with Gasteiger partial charge in [-0.05, 0) is 18.2 Å². The third-order valence-electron chi connectivity index (χ3n) is 3.17. The van der Waals surface area contributed by atoms with Gasteiger partial charge in [-0.3, -0.25) is 4.79 Å². The van der Waals surface area contributed by atoms with E-state index in [1.54, 1.807) is 29.4 Å².